The zero-order valence-corrected chi connectivity index (χ0v) is 28.6. The molecule has 0 aliphatic carbocycles. The summed E-state index contributed by atoms with van der Waals surface area (Å²) in [7, 11) is 0. The van der Waals surface area contributed by atoms with Crippen LogP contribution in [0.1, 0.15) is 0 Å². The molecule has 0 spiro atoms. The van der Waals surface area contributed by atoms with Crippen molar-refractivity contribution in [1.29, 1.82) is 0 Å². The molecule has 0 N–H and O–H groups in total. The second-order valence-electron chi connectivity index (χ2n) is 14.7. The van der Waals surface area contributed by atoms with Crippen LogP contribution in [0.3, 0.4) is 0 Å². The number of fused-ring (bicyclic) bond motifs is 7. The van der Waals surface area contributed by atoms with Gasteiger partial charge in [0.05, 0.1) is 0 Å². The highest BCUT2D eigenvalue weighted by Crippen LogP contribution is 2.49. The molecule has 1 heterocycles. The average Bonchev–Trinajstić information content (AvgIpc) is 3.60. The largest absolute Gasteiger partial charge is 0.455 e. The van der Waals surface area contributed by atoms with Crippen molar-refractivity contribution in [3.05, 3.63) is 170 Å². The van der Waals surface area contributed by atoms with Crippen LogP contribution in [0.15, 0.2) is 174 Å². The molecule has 0 saturated heterocycles. The van der Waals surface area contributed by atoms with Gasteiger partial charge in [-0.25, -0.2) is 0 Å². The van der Waals surface area contributed by atoms with Gasteiger partial charge in [-0.3, -0.25) is 0 Å². The summed E-state index contributed by atoms with van der Waals surface area (Å²) >= 11 is 0. The van der Waals surface area contributed by atoms with Gasteiger partial charge in [0.2, 0.25) is 0 Å². The first kappa shape index (κ1) is 27.7. The van der Waals surface area contributed by atoms with E-state index in [0.717, 1.165) is 21.9 Å². The number of rotatable bonds is 2. The van der Waals surface area contributed by atoms with E-state index in [9.17, 15) is 0 Å². The molecule has 0 bridgehead atoms. The van der Waals surface area contributed by atoms with Crippen LogP contribution in [0, 0.1) is 0 Å². The molecule has 0 amide bonds. The summed E-state index contributed by atoms with van der Waals surface area (Å²) in [6.45, 7) is 0. The van der Waals surface area contributed by atoms with E-state index in [1.165, 1.54) is 108 Å². The SMILES string of the molecule is c1ccc2c(c1)ccc1oc3c(cc(-c4ccc5ccc6cccc7ccc4c5c67)c4cccc(-c5ccc6ccc7cccc8ccc5c6c78)c43)c12. The molecule has 0 aliphatic rings. The highest BCUT2D eigenvalue weighted by atomic mass is 16.3. The van der Waals surface area contributed by atoms with Gasteiger partial charge in [-0.1, -0.05) is 158 Å². The molecule has 0 saturated carbocycles. The molecule has 0 fully saturated rings. The summed E-state index contributed by atoms with van der Waals surface area (Å²) in [5.41, 5.74) is 6.73. The minimum Gasteiger partial charge on any atom is -0.455 e. The first-order valence-electron chi connectivity index (χ1n) is 18.4. The Kier molecular flexibility index (Phi) is 5.17. The van der Waals surface area contributed by atoms with Gasteiger partial charge in [-0.2, -0.15) is 0 Å². The Morgan fingerprint density at radius 2 is 0.717 bits per heavy atom. The zero-order valence-electron chi connectivity index (χ0n) is 28.6. The van der Waals surface area contributed by atoms with E-state index in [1.807, 2.05) is 0 Å². The molecule has 0 aliphatic heterocycles. The number of hydrogen-bond acceptors (Lipinski definition) is 1. The van der Waals surface area contributed by atoms with Crippen molar-refractivity contribution < 1.29 is 4.42 Å². The van der Waals surface area contributed by atoms with Crippen LogP contribution >= 0.6 is 0 Å². The molecule has 0 radical (unpaired) electrons. The smallest absolute Gasteiger partial charge is 0.143 e. The van der Waals surface area contributed by atoms with Crippen LogP contribution in [0.4, 0.5) is 0 Å². The summed E-state index contributed by atoms with van der Waals surface area (Å²) in [6.07, 6.45) is 0. The fourth-order valence-electron chi connectivity index (χ4n) is 9.85. The number of hydrogen-bond donors (Lipinski definition) is 0. The van der Waals surface area contributed by atoms with Crippen molar-refractivity contribution >= 4 is 108 Å². The summed E-state index contributed by atoms with van der Waals surface area (Å²) in [5.74, 6) is 0. The minimum absolute atomic E-state index is 0.915. The van der Waals surface area contributed by atoms with E-state index in [4.69, 9.17) is 4.42 Å². The van der Waals surface area contributed by atoms with Crippen molar-refractivity contribution in [2.75, 3.05) is 0 Å². The quantitative estimate of drug-likeness (QED) is 0.167. The van der Waals surface area contributed by atoms with Crippen LogP contribution in [-0.4, -0.2) is 0 Å². The molecule has 242 valence electrons. The molecule has 1 nitrogen and oxygen atoms in total. The van der Waals surface area contributed by atoms with Crippen molar-refractivity contribution in [2.24, 2.45) is 0 Å². The lowest BCUT2D eigenvalue weighted by atomic mass is 9.85. The van der Waals surface area contributed by atoms with E-state index in [1.54, 1.807) is 0 Å². The van der Waals surface area contributed by atoms with Gasteiger partial charge >= 0.3 is 0 Å². The van der Waals surface area contributed by atoms with Crippen molar-refractivity contribution in [3.63, 3.8) is 0 Å². The Labute approximate surface area is 303 Å². The third-order valence-corrected chi connectivity index (χ3v) is 12.1. The second kappa shape index (κ2) is 9.88. The summed E-state index contributed by atoms with van der Waals surface area (Å²) in [6, 6.07) is 63.1. The molecule has 53 heavy (non-hydrogen) atoms. The molecule has 13 aromatic rings. The predicted molar refractivity (Wildman–Crippen MR) is 227 cm³/mol. The lowest BCUT2D eigenvalue weighted by molar-refractivity contribution is 0.673. The van der Waals surface area contributed by atoms with Gasteiger partial charge in [-0.15, -0.1) is 0 Å². The fraction of sp³-hybridized carbons (Fsp3) is 0. The summed E-state index contributed by atoms with van der Waals surface area (Å²) < 4.78 is 7.03. The van der Waals surface area contributed by atoms with E-state index in [-0.39, 0.29) is 0 Å². The standard InChI is InChI=1S/C52H28O/c1-2-11-36-29(6-1)22-27-45-50(36)44-28-43(38-24-19-35-17-15-31-8-4-10-33-21-26-42(38)49(35)47(31)33)40-13-5-12-39(51(40)52(44)53-45)37-23-18-34-16-14-30-7-3-9-32-20-25-41(37)48(34)46(30)32/h1-28H. The summed E-state index contributed by atoms with van der Waals surface area (Å²) in [5, 5.41) is 22.6. The number of furan rings is 1. The van der Waals surface area contributed by atoms with Crippen molar-refractivity contribution in [2.45, 2.75) is 0 Å². The van der Waals surface area contributed by atoms with Crippen LogP contribution < -0.4 is 0 Å². The normalized spacial score (nSPS) is 12.5. The van der Waals surface area contributed by atoms with Gasteiger partial charge in [0, 0.05) is 16.2 Å². The van der Waals surface area contributed by atoms with Gasteiger partial charge in [0.15, 0.2) is 0 Å². The topological polar surface area (TPSA) is 13.1 Å². The van der Waals surface area contributed by atoms with Crippen LogP contribution in [0.25, 0.3) is 130 Å². The Morgan fingerprint density at radius 1 is 0.245 bits per heavy atom. The monoisotopic (exact) mass is 668 g/mol. The van der Waals surface area contributed by atoms with E-state index >= 15 is 0 Å². The minimum atomic E-state index is 0.915. The predicted octanol–water partition coefficient (Wildman–Crippen LogP) is 15.0. The van der Waals surface area contributed by atoms with E-state index < -0.39 is 0 Å². The molecule has 0 unspecified atom stereocenters. The van der Waals surface area contributed by atoms with Gasteiger partial charge in [-0.05, 0) is 115 Å². The van der Waals surface area contributed by atoms with Gasteiger partial charge < -0.3 is 4.42 Å². The molecule has 12 aromatic carbocycles. The maximum atomic E-state index is 7.03. The molecule has 1 aromatic heterocycles. The molecule has 0 atom stereocenters. The highest BCUT2D eigenvalue weighted by Gasteiger charge is 2.22. The molecule has 1 heteroatoms. The summed E-state index contributed by atoms with van der Waals surface area (Å²) in [4.78, 5) is 0. The first-order valence-corrected chi connectivity index (χ1v) is 18.4. The Morgan fingerprint density at radius 3 is 1.38 bits per heavy atom. The third kappa shape index (κ3) is 3.56. The van der Waals surface area contributed by atoms with Gasteiger partial charge in [0.25, 0.3) is 0 Å². The maximum absolute atomic E-state index is 7.03. The second-order valence-corrected chi connectivity index (χ2v) is 14.7. The lowest BCUT2D eigenvalue weighted by Crippen LogP contribution is -1.91. The highest BCUT2D eigenvalue weighted by molar-refractivity contribution is 6.32. The Bertz CT molecular complexity index is 3640. The van der Waals surface area contributed by atoms with E-state index in [0.29, 0.717) is 0 Å². The fourth-order valence-corrected chi connectivity index (χ4v) is 9.85. The van der Waals surface area contributed by atoms with E-state index in [2.05, 4.69) is 170 Å². The molecule has 13 rings (SSSR count). The van der Waals surface area contributed by atoms with Crippen LogP contribution in [0.5, 0.6) is 0 Å². The maximum Gasteiger partial charge on any atom is 0.143 e. The van der Waals surface area contributed by atoms with Crippen molar-refractivity contribution in [1.82, 2.24) is 0 Å². The van der Waals surface area contributed by atoms with Crippen molar-refractivity contribution in [3.8, 4) is 22.3 Å². The first-order chi connectivity index (χ1) is 26.3. The Balaban J connectivity index is 1.22. The zero-order chi connectivity index (χ0) is 34.4. The Hall–Kier alpha value is -6.96. The average molecular weight is 669 g/mol. The van der Waals surface area contributed by atoms with Gasteiger partial charge in [0.1, 0.15) is 11.2 Å². The lowest BCUT2D eigenvalue weighted by Gasteiger charge is -2.18. The van der Waals surface area contributed by atoms with Crippen LogP contribution in [0.2, 0.25) is 0 Å². The number of benzene rings is 12. The molecular formula is C52H28O. The third-order valence-electron chi connectivity index (χ3n) is 12.1. The molecular weight excluding hydrogens is 641 g/mol. The van der Waals surface area contributed by atoms with Crippen LogP contribution in [-0.2, 0) is 0 Å².